The number of piperazine rings is 1. The molecule has 1 aliphatic rings. The second-order valence-corrected chi connectivity index (χ2v) is 6.64. The number of nitrogens with two attached hydrogens (primary N) is 1. The minimum Gasteiger partial charge on any atom is -0.444 e. The molecule has 0 aliphatic carbocycles. The quantitative estimate of drug-likeness (QED) is 0.853. The third-order valence-corrected chi connectivity index (χ3v) is 3.41. The average molecular weight is 309 g/mol. The molecule has 1 aromatic carbocycles. The molecule has 1 aliphatic heterocycles. The zero-order valence-corrected chi connectivity index (χ0v) is 13.4. The Hall–Kier alpha value is -1.82. The van der Waals surface area contributed by atoms with Gasteiger partial charge in [0, 0.05) is 38.4 Å². The number of halogens is 1. The number of nitrogens with zero attached hydrogens (tertiary/aromatic N) is 2. The molecule has 5 nitrogen and oxygen atoms in total. The zero-order valence-electron chi connectivity index (χ0n) is 13.4. The van der Waals surface area contributed by atoms with Crippen LogP contribution in [0.5, 0.6) is 0 Å². The first-order valence-corrected chi connectivity index (χ1v) is 7.48. The van der Waals surface area contributed by atoms with Gasteiger partial charge in [-0.05, 0) is 44.5 Å². The molecule has 1 fully saturated rings. The van der Waals surface area contributed by atoms with Gasteiger partial charge in [0.1, 0.15) is 11.4 Å². The number of amides is 1. The Kier molecular flexibility index (Phi) is 4.90. The minimum atomic E-state index is -0.479. The SMILES string of the molecule is CC(C)(C)OC(=O)N1CCN(Cc2cc(N)cc(F)c2)CC1. The fraction of sp³-hybridized carbons (Fsp3) is 0.562. The van der Waals surface area contributed by atoms with Crippen LogP contribution in [-0.4, -0.2) is 47.7 Å². The fourth-order valence-corrected chi connectivity index (χ4v) is 2.44. The molecular weight excluding hydrogens is 285 g/mol. The Balaban J connectivity index is 1.86. The Labute approximate surface area is 130 Å². The summed E-state index contributed by atoms with van der Waals surface area (Å²) in [5.41, 5.74) is 6.46. The van der Waals surface area contributed by atoms with Gasteiger partial charge in [-0.15, -0.1) is 0 Å². The Morgan fingerprint density at radius 3 is 2.41 bits per heavy atom. The van der Waals surface area contributed by atoms with E-state index in [1.807, 2.05) is 20.8 Å². The Bertz CT molecular complexity index is 514. The lowest BCUT2D eigenvalue weighted by Crippen LogP contribution is -2.49. The lowest BCUT2D eigenvalue weighted by molar-refractivity contribution is 0.0139. The summed E-state index contributed by atoms with van der Waals surface area (Å²) in [5, 5.41) is 0. The van der Waals surface area contributed by atoms with Crippen molar-refractivity contribution >= 4 is 11.8 Å². The maximum Gasteiger partial charge on any atom is 0.410 e. The van der Waals surface area contributed by atoms with E-state index in [0.29, 0.717) is 25.3 Å². The fourth-order valence-electron chi connectivity index (χ4n) is 2.44. The van der Waals surface area contributed by atoms with E-state index in [-0.39, 0.29) is 11.9 Å². The second kappa shape index (κ2) is 6.52. The van der Waals surface area contributed by atoms with Gasteiger partial charge in [0.05, 0.1) is 0 Å². The van der Waals surface area contributed by atoms with Crippen LogP contribution >= 0.6 is 0 Å². The van der Waals surface area contributed by atoms with Gasteiger partial charge in [-0.3, -0.25) is 4.90 Å². The van der Waals surface area contributed by atoms with Crippen molar-refractivity contribution in [2.75, 3.05) is 31.9 Å². The molecule has 0 saturated carbocycles. The maximum atomic E-state index is 13.3. The van der Waals surface area contributed by atoms with Crippen molar-refractivity contribution in [1.82, 2.24) is 9.80 Å². The third-order valence-electron chi connectivity index (χ3n) is 3.41. The molecular formula is C16H24FN3O2. The van der Waals surface area contributed by atoms with Crippen LogP contribution in [0.15, 0.2) is 18.2 Å². The van der Waals surface area contributed by atoms with Crippen molar-refractivity contribution in [3.63, 3.8) is 0 Å². The van der Waals surface area contributed by atoms with Crippen LogP contribution in [0.4, 0.5) is 14.9 Å². The number of hydrogen-bond acceptors (Lipinski definition) is 4. The standard InChI is InChI=1S/C16H24FN3O2/c1-16(2,3)22-15(21)20-6-4-19(5-7-20)11-12-8-13(17)10-14(18)9-12/h8-10H,4-7,11,18H2,1-3H3. The molecule has 2 N–H and O–H groups in total. The molecule has 0 bridgehead atoms. The molecule has 2 rings (SSSR count). The normalized spacial score (nSPS) is 16.6. The van der Waals surface area contributed by atoms with Crippen LogP contribution in [0.2, 0.25) is 0 Å². The summed E-state index contributed by atoms with van der Waals surface area (Å²) in [6, 6.07) is 4.59. The second-order valence-electron chi connectivity index (χ2n) is 6.64. The highest BCUT2D eigenvalue weighted by atomic mass is 19.1. The highest BCUT2D eigenvalue weighted by Crippen LogP contribution is 2.16. The largest absolute Gasteiger partial charge is 0.444 e. The van der Waals surface area contributed by atoms with Gasteiger partial charge in [-0.2, -0.15) is 0 Å². The number of rotatable bonds is 2. The number of ether oxygens (including phenoxy) is 1. The van der Waals surface area contributed by atoms with E-state index in [2.05, 4.69) is 4.90 Å². The molecule has 0 unspecified atom stereocenters. The van der Waals surface area contributed by atoms with Gasteiger partial charge < -0.3 is 15.4 Å². The summed E-state index contributed by atoms with van der Waals surface area (Å²) in [4.78, 5) is 15.9. The number of carbonyl (C=O) groups excluding carboxylic acids is 1. The third kappa shape index (κ3) is 4.87. The average Bonchev–Trinajstić information content (AvgIpc) is 2.36. The van der Waals surface area contributed by atoms with E-state index in [4.69, 9.17) is 10.5 Å². The summed E-state index contributed by atoms with van der Waals surface area (Å²) in [6.07, 6.45) is -0.276. The molecule has 0 aromatic heterocycles. The van der Waals surface area contributed by atoms with E-state index in [1.165, 1.54) is 12.1 Å². The molecule has 1 heterocycles. The first-order valence-electron chi connectivity index (χ1n) is 7.48. The molecule has 122 valence electrons. The number of benzene rings is 1. The summed E-state index contributed by atoms with van der Waals surface area (Å²) in [5.74, 6) is -0.317. The van der Waals surface area contributed by atoms with Crippen LogP contribution in [0.3, 0.4) is 0 Å². The molecule has 1 saturated heterocycles. The van der Waals surface area contributed by atoms with Crippen molar-refractivity contribution < 1.29 is 13.9 Å². The van der Waals surface area contributed by atoms with Gasteiger partial charge >= 0.3 is 6.09 Å². The smallest absolute Gasteiger partial charge is 0.410 e. The number of anilines is 1. The molecule has 0 radical (unpaired) electrons. The lowest BCUT2D eigenvalue weighted by atomic mass is 10.1. The van der Waals surface area contributed by atoms with E-state index < -0.39 is 5.60 Å². The predicted molar refractivity (Wildman–Crippen MR) is 83.9 cm³/mol. The number of hydrogen-bond donors (Lipinski definition) is 1. The van der Waals surface area contributed by atoms with Crippen molar-refractivity contribution in [1.29, 1.82) is 0 Å². The van der Waals surface area contributed by atoms with Crippen molar-refractivity contribution in [3.05, 3.63) is 29.6 Å². The van der Waals surface area contributed by atoms with Gasteiger partial charge in [-0.1, -0.05) is 0 Å². The molecule has 0 atom stereocenters. The van der Waals surface area contributed by atoms with Crippen LogP contribution in [0.25, 0.3) is 0 Å². The maximum absolute atomic E-state index is 13.3. The monoisotopic (exact) mass is 309 g/mol. The number of carbonyl (C=O) groups is 1. The summed E-state index contributed by atoms with van der Waals surface area (Å²) in [6.45, 7) is 8.88. The van der Waals surface area contributed by atoms with E-state index in [9.17, 15) is 9.18 Å². The van der Waals surface area contributed by atoms with E-state index in [1.54, 1.807) is 11.0 Å². The molecule has 1 amide bonds. The molecule has 1 aromatic rings. The Morgan fingerprint density at radius 1 is 1.23 bits per heavy atom. The van der Waals surface area contributed by atoms with Gasteiger partial charge in [0.2, 0.25) is 0 Å². The molecule has 0 spiro atoms. The predicted octanol–water partition coefficient (Wildman–Crippen LogP) is 2.46. The summed E-state index contributed by atoms with van der Waals surface area (Å²) in [7, 11) is 0. The van der Waals surface area contributed by atoms with Gasteiger partial charge in [-0.25, -0.2) is 9.18 Å². The van der Waals surface area contributed by atoms with Crippen molar-refractivity contribution in [2.45, 2.75) is 32.9 Å². The van der Waals surface area contributed by atoms with Gasteiger partial charge in [0.15, 0.2) is 0 Å². The topological polar surface area (TPSA) is 58.8 Å². The van der Waals surface area contributed by atoms with E-state index in [0.717, 1.165) is 18.7 Å². The van der Waals surface area contributed by atoms with Crippen molar-refractivity contribution in [3.8, 4) is 0 Å². The Morgan fingerprint density at radius 2 is 1.86 bits per heavy atom. The molecule has 6 heteroatoms. The molecule has 22 heavy (non-hydrogen) atoms. The lowest BCUT2D eigenvalue weighted by Gasteiger charge is -2.35. The van der Waals surface area contributed by atoms with E-state index >= 15 is 0 Å². The van der Waals surface area contributed by atoms with Crippen LogP contribution in [0.1, 0.15) is 26.3 Å². The first-order chi connectivity index (χ1) is 10.2. The highest BCUT2D eigenvalue weighted by molar-refractivity contribution is 5.68. The van der Waals surface area contributed by atoms with Crippen LogP contribution in [0, 0.1) is 5.82 Å². The first kappa shape index (κ1) is 16.5. The summed E-state index contributed by atoms with van der Waals surface area (Å²) < 4.78 is 18.7. The highest BCUT2D eigenvalue weighted by Gasteiger charge is 2.25. The minimum absolute atomic E-state index is 0.276. The van der Waals surface area contributed by atoms with Gasteiger partial charge in [0.25, 0.3) is 0 Å². The van der Waals surface area contributed by atoms with Crippen molar-refractivity contribution in [2.24, 2.45) is 0 Å². The number of nitrogen functional groups attached to an aromatic ring is 1. The van der Waals surface area contributed by atoms with Crippen LogP contribution < -0.4 is 5.73 Å². The van der Waals surface area contributed by atoms with Crippen LogP contribution in [-0.2, 0) is 11.3 Å². The zero-order chi connectivity index (χ0) is 16.3. The summed E-state index contributed by atoms with van der Waals surface area (Å²) >= 11 is 0.